The summed E-state index contributed by atoms with van der Waals surface area (Å²) in [5.41, 5.74) is 1.05. The van der Waals surface area contributed by atoms with Crippen molar-refractivity contribution in [3.63, 3.8) is 0 Å². The molecule has 0 bridgehead atoms. The van der Waals surface area contributed by atoms with Gasteiger partial charge in [0.2, 0.25) is 0 Å². The predicted molar refractivity (Wildman–Crippen MR) is 117 cm³/mol. The summed E-state index contributed by atoms with van der Waals surface area (Å²) in [5, 5.41) is 3.09. The van der Waals surface area contributed by atoms with Gasteiger partial charge in [0.1, 0.15) is 5.01 Å². The van der Waals surface area contributed by atoms with Crippen molar-refractivity contribution in [1.82, 2.24) is 4.98 Å². The first-order valence-corrected chi connectivity index (χ1v) is 10.0. The Hall–Kier alpha value is -4.05. The van der Waals surface area contributed by atoms with Crippen LogP contribution in [0, 0.1) is 0 Å². The van der Waals surface area contributed by atoms with E-state index in [1.807, 2.05) is 24.3 Å². The highest BCUT2D eigenvalue weighted by molar-refractivity contribution is 7.19. The number of methoxy groups -OCH3 is 2. The van der Waals surface area contributed by atoms with Gasteiger partial charge < -0.3 is 19.5 Å². The van der Waals surface area contributed by atoms with Crippen LogP contribution < -0.4 is 5.32 Å². The minimum absolute atomic E-state index is 0.0430. The van der Waals surface area contributed by atoms with Crippen LogP contribution in [0.5, 0.6) is 0 Å². The summed E-state index contributed by atoms with van der Waals surface area (Å²) < 4.78 is 15.2. The van der Waals surface area contributed by atoms with Crippen molar-refractivity contribution in [2.45, 2.75) is 0 Å². The lowest BCUT2D eigenvalue weighted by Gasteiger charge is -2.09. The summed E-state index contributed by atoms with van der Waals surface area (Å²) in [6.45, 7) is -0.570. The molecule has 10 heteroatoms. The monoisotopic (exact) mass is 454 g/mol. The highest BCUT2D eigenvalue weighted by atomic mass is 32.1. The number of carbonyl (C=O) groups excluding carboxylic acids is 4. The van der Waals surface area contributed by atoms with Crippen molar-refractivity contribution in [3.8, 4) is 0 Å². The second-order valence-corrected chi connectivity index (χ2v) is 7.35. The van der Waals surface area contributed by atoms with Gasteiger partial charge in [0, 0.05) is 11.8 Å². The zero-order chi connectivity index (χ0) is 23.1. The van der Waals surface area contributed by atoms with Crippen LogP contribution in [0.25, 0.3) is 16.3 Å². The lowest BCUT2D eigenvalue weighted by atomic mass is 10.1. The van der Waals surface area contributed by atoms with E-state index in [0.29, 0.717) is 5.01 Å². The number of ether oxygens (including phenoxy) is 3. The number of para-hydroxylation sites is 1. The number of hydrogen-bond acceptors (Lipinski definition) is 9. The van der Waals surface area contributed by atoms with Crippen molar-refractivity contribution < 1.29 is 33.4 Å². The van der Waals surface area contributed by atoms with Gasteiger partial charge in [0.05, 0.1) is 35.6 Å². The lowest BCUT2D eigenvalue weighted by Crippen LogP contribution is -2.20. The van der Waals surface area contributed by atoms with E-state index in [-0.39, 0.29) is 16.8 Å². The maximum Gasteiger partial charge on any atom is 0.337 e. The molecule has 2 aromatic carbocycles. The number of anilines is 1. The molecule has 3 rings (SSSR count). The van der Waals surface area contributed by atoms with Crippen LogP contribution in [-0.4, -0.2) is 49.6 Å². The maximum atomic E-state index is 12.2. The van der Waals surface area contributed by atoms with Crippen LogP contribution in [0.15, 0.2) is 48.5 Å². The van der Waals surface area contributed by atoms with Crippen LogP contribution in [-0.2, 0) is 23.8 Å². The Kier molecular flexibility index (Phi) is 7.29. The summed E-state index contributed by atoms with van der Waals surface area (Å²) in [7, 11) is 2.37. The quantitative estimate of drug-likeness (QED) is 0.328. The van der Waals surface area contributed by atoms with E-state index in [9.17, 15) is 19.2 Å². The number of nitrogens with zero attached hydrogens (tertiary/aromatic N) is 1. The van der Waals surface area contributed by atoms with E-state index in [1.54, 1.807) is 0 Å². The molecule has 1 amide bonds. The van der Waals surface area contributed by atoms with Gasteiger partial charge in [-0.2, -0.15) is 0 Å². The minimum Gasteiger partial charge on any atom is -0.465 e. The number of esters is 3. The number of hydrogen-bond donors (Lipinski definition) is 1. The Morgan fingerprint density at radius 2 is 1.66 bits per heavy atom. The smallest absolute Gasteiger partial charge is 0.337 e. The normalized spacial score (nSPS) is 10.7. The third-order valence-corrected chi connectivity index (χ3v) is 5.08. The van der Waals surface area contributed by atoms with Crippen molar-refractivity contribution in [2.24, 2.45) is 0 Å². The average molecular weight is 454 g/mol. The summed E-state index contributed by atoms with van der Waals surface area (Å²) in [5.74, 6) is -2.78. The van der Waals surface area contributed by atoms with Crippen LogP contribution >= 0.6 is 11.3 Å². The Balaban J connectivity index is 1.60. The molecule has 0 radical (unpaired) electrons. The van der Waals surface area contributed by atoms with Gasteiger partial charge in [-0.05, 0) is 36.4 Å². The van der Waals surface area contributed by atoms with E-state index in [2.05, 4.69) is 19.8 Å². The summed E-state index contributed by atoms with van der Waals surface area (Å²) in [6.07, 6.45) is 2.69. The number of nitrogens with one attached hydrogen (secondary N) is 1. The molecule has 0 atom stereocenters. The number of aromatic nitrogens is 1. The number of fused-ring (bicyclic) bond motifs is 1. The van der Waals surface area contributed by atoms with E-state index in [4.69, 9.17) is 4.74 Å². The van der Waals surface area contributed by atoms with Crippen LogP contribution in [0.3, 0.4) is 0 Å². The van der Waals surface area contributed by atoms with E-state index in [1.165, 1.54) is 55.9 Å². The predicted octanol–water partition coefficient (Wildman–Crippen LogP) is 3.06. The van der Waals surface area contributed by atoms with Crippen molar-refractivity contribution >= 4 is 57.1 Å². The van der Waals surface area contributed by atoms with Gasteiger partial charge >= 0.3 is 17.9 Å². The molecule has 0 aliphatic heterocycles. The molecule has 3 aromatic rings. The SMILES string of the molecule is COC(=O)c1cc(NC(=O)COC(=O)/C=C/c2nc3ccccc3s2)cc(C(=O)OC)c1. The minimum atomic E-state index is -0.724. The third kappa shape index (κ3) is 5.76. The molecule has 32 heavy (non-hydrogen) atoms. The van der Waals surface area contributed by atoms with Crippen molar-refractivity contribution in [3.05, 3.63) is 64.7 Å². The van der Waals surface area contributed by atoms with Gasteiger partial charge in [-0.1, -0.05) is 12.1 Å². The maximum absolute atomic E-state index is 12.2. The van der Waals surface area contributed by atoms with Crippen molar-refractivity contribution in [2.75, 3.05) is 26.1 Å². The second-order valence-electron chi connectivity index (χ2n) is 6.29. The fraction of sp³-hybridized carbons (Fsp3) is 0.136. The Labute approximate surface area is 186 Å². The molecule has 9 nitrogen and oxygen atoms in total. The molecule has 0 saturated heterocycles. The molecule has 0 fully saturated rings. The summed E-state index contributed by atoms with van der Waals surface area (Å²) in [4.78, 5) is 52.1. The standard InChI is InChI=1S/C22H18N2O7S/c1-29-21(27)13-9-14(22(28)30-2)11-15(10-13)23-18(25)12-31-20(26)8-7-19-24-16-5-3-4-6-17(16)32-19/h3-11H,12H2,1-2H3,(H,23,25)/b8-7+. The second kappa shape index (κ2) is 10.3. The molecule has 0 saturated carbocycles. The molecule has 0 aliphatic carbocycles. The van der Waals surface area contributed by atoms with Crippen LogP contribution in [0.4, 0.5) is 5.69 Å². The highest BCUT2D eigenvalue weighted by Crippen LogP contribution is 2.22. The number of thiazole rings is 1. The number of benzene rings is 2. The van der Waals surface area contributed by atoms with Crippen LogP contribution in [0.1, 0.15) is 25.7 Å². The number of carbonyl (C=O) groups is 4. The average Bonchev–Trinajstić information content (AvgIpc) is 3.23. The molecule has 164 valence electrons. The first kappa shape index (κ1) is 22.6. The molecule has 0 unspecified atom stereocenters. The molecule has 0 aliphatic rings. The van der Waals surface area contributed by atoms with Gasteiger partial charge in [-0.3, -0.25) is 4.79 Å². The molecule has 1 aromatic heterocycles. The Morgan fingerprint density at radius 1 is 1.00 bits per heavy atom. The first-order chi connectivity index (χ1) is 15.4. The number of amides is 1. The summed E-state index contributed by atoms with van der Waals surface area (Å²) >= 11 is 1.42. The van der Waals surface area contributed by atoms with Gasteiger partial charge in [0.15, 0.2) is 6.61 Å². The molecular formula is C22H18N2O7S. The molecule has 1 N–H and O–H groups in total. The van der Waals surface area contributed by atoms with E-state index < -0.39 is 30.4 Å². The van der Waals surface area contributed by atoms with Gasteiger partial charge in [0.25, 0.3) is 5.91 Å². The van der Waals surface area contributed by atoms with Crippen LogP contribution in [0.2, 0.25) is 0 Å². The molecule has 0 spiro atoms. The third-order valence-electron chi connectivity index (χ3n) is 4.08. The Morgan fingerprint density at radius 3 is 2.28 bits per heavy atom. The summed E-state index contributed by atoms with van der Waals surface area (Å²) in [6, 6.07) is 11.5. The Bertz CT molecular complexity index is 1150. The zero-order valence-electron chi connectivity index (χ0n) is 17.1. The molecular weight excluding hydrogens is 436 g/mol. The lowest BCUT2D eigenvalue weighted by molar-refractivity contribution is -0.142. The van der Waals surface area contributed by atoms with Gasteiger partial charge in [-0.25, -0.2) is 19.4 Å². The van der Waals surface area contributed by atoms with Gasteiger partial charge in [-0.15, -0.1) is 11.3 Å². The van der Waals surface area contributed by atoms with E-state index in [0.717, 1.165) is 10.2 Å². The molecule has 1 heterocycles. The number of rotatable bonds is 7. The zero-order valence-corrected chi connectivity index (χ0v) is 17.9. The van der Waals surface area contributed by atoms with Crippen molar-refractivity contribution in [1.29, 1.82) is 0 Å². The topological polar surface area (TPSA) is 121 Å². The fourth-order valence-corrected chi connectivity index (χ4v) is 3.52. The first-order valence-electron chi connectivity index (χ1n) is 9.21. The largest absolute Gasteiger partial charge is 0.465 e. The van der Waals surface area contributed by atoms with E-state index >= 15 is 0 Å². The fourth-order valence-electron chi connectivity index (χ4n) is 2.65. The highest BCUT2D eigenvalue weighted by Gasteiger charge is 2.15.